The van der Waals surface area contributed by atoms with E-state index in [0.717, 1.165) is 31.1 Å². The fourth-order valence-electron chi connectivity index (χ4n) is 9.10. The molecule has 0 aromatic heterocycles. The van der Waals surface area contributed by atoms with Crippen LogP contribution in [-0.4, -0.2) is 115 Å². The topological polar surface area (TPSA) is 263 Å². The minimum absolute atomic E-state index is 0.00855. The van der Waals surface area contributed by atoms with E-state index < -0.39 is 122 Å². The second kappa shape index (κ2) is 29.9. The Bertz CT molecular complexity index is 3560. The lowest BCUT2D eigenvalue weighted by Gasteiger charge is -2.36. The third kappa shape index (κ3) is 18.6. The summed E-state index contributed by atoms with van der Waals surface area (Å²) in [5, 5.41) is 6.93. The molecule has 90 heavy (non-hydrogen) atoms. The van der Waals surface area contributed by atoms with Crippen LogP contribution in [-0.2, 0) is 45.0 Å². The van der Waals surface area contributed by atoms with Crippen LogP contribution < -0.4 is 44.3 Å². The molecule has 0 spiro atoms. The predicted molar refractivity (Wildman–Crippen MR) is 312 cm³/mol. The molecular weight excluding hydrogens is 1340 g/mol. The minimum atomic E-state index is -4.05. The van der Waals surface area contributed by atoms with Crippen molar-refractivity contribution < 1.29 is 93.4 Å². The number of rotatable bonds is 15. The molecule has 36 heteroatoms. The summed E-state index contributed by atoms with van der Waals surface area (Å²) in [6.45, 7) is -9.10. The van der Waals surface area contributed by atoms with Gasteiger partial charge in [-0.15, -0.1) is 0 Å². The van der Waals surface area contributed by atoms with Gasteiger partial charge in [-0.2, -0.15) is 78.7 Å². The van der Waals surface area contributed by atoms with Gasteiger partial charge in [0.25, 0.3) is 30.6 Å². The van der Waals surface area contributed by atoms with E-state index in [2.05, 4.69) is 44.3 Å². The van der Waals surface area contributed by atoms with Gasteiger partial charge in [-0.05, 0) is 127 Å². The average Bonchev–Trinajstić information content (AvgIpc) is 0.909. The Balaban J connectivity index is 0.000000192. The maximum Gasteiger partial charge on any atom is 0.387 e. The molecule has 0 saturated carbocycles. The van der Waals surface area contributed by atoms with Gasteiger partial charge < -0.3 is 30.2 Å². The molecule has 3 heterocycles. The first-order chi connectivity index (χ1) is 42.2. The number of likely N-dealkylation sites (N-methyl/N-ethyl adjacent to an activating group) is 3. The van der Waals surface area contributed by atoms with Crippen LogP contribution in [0, 0.1) is 17.5 Å². The number of ether oxygens (including phenoxy) is 3. The molecule has 0 bridgehead atoms. The van der Waals surface area contributed by atoms with Gasteiger partial charge in [0.15, 0.2) is 0 Å². The van der Waals surface area contributed by atoms with Gasteiger partial charge in [0.2, 0.25) is 17.7 Å². The summed E-state index contributed by atoms with van der Waals surface area (Å²) in [5.74, 6) is -4.37. The van der Waals surface area contributed by atoms with Gasteiger partial charge in [0.1, 0.15) is 52.8 Å². The zero-order valence-electron chi connectivity index (χ0n) is 46.4. The van der Waals surface area contributed by atoms with E-state index >= 15 is 0 Å². The number of halogens is 12. The van der Waals surface area contributed by atoms with Crippen LogP contribution in [0.3, 0.4) is 0 Å². The number of amides is 3. The number of nitrogens with zero attached hydrogens (tertiary/aromatic N) is 3. The fourth-order valence-corrected chi connectivity index (χ4v) is 13.5. The second-order valence-corrected chi connectivity index (χ2v) is 26.0. The molecule has 0 aliphatic carbocycles. The Morgan fingerprint density at radius 1 is 0.433 bits per heavy atom. The highest BCUT2D eigenvalue weighted by Gasteiger charge is 2.44. The van der Waals surface area contributed by atoms with Crippen LogP contribution in [0.4, 0.5) is 56.6 Å². The van der Waals surface area contributed by atoms with Gasteiger partial charge in [-0.25, -0.2) is 13.2 Å². The molecular formula is C54H51Cl3F9N9O12S3. The zero-order chi connectivity index (χ0) is 66.2. The third-order valence-electron chi connectivity index (χ3n) is 13.6. The van der Waals surface area contributed by atoms with Crippen molar-refractivity contribution in [2.45, 2.75) is 75.3 Å². The van der Waals surface area contributed by atoms with Crippen molar-refractivity contribution in [2.24, 2.45) is 0 Å². The minimum Gasteiger partial charge on any atom is -0.435 e. The summed E-state index contributed by atoms with van der Waals surface area (Å²) in [7, 11) is -8.45. The molecule has 5 unspecified atom stereocenters. The van der Waals surface area contributed by atoms with Crippen LogP contribution in [0.25, 0.3) is 0 Å². The van der Waals surface area contributed by atoms with Crippen molar-refractivity contribution in [3.8, 4) is 17.2 Å². The van der Waals surface area contributed by atoms with Crippen LogP contribution in [0.15, 0.2) is 127 Å². The van der Waals surface area contributed by atoms with Crippen molar-refractivity contribution in [3.63, 3.8) is 0 Å². The van der Waals surface area contributed by atoms with E-state index in [1.54, 1.807) is 0 Å². The number of nitrogens with one attached hydrogen (secondary N) is 6. The standard InChI is InChI=1S/3C18H17ClF3N3O4S/c3*1-25-16(17(26)23-11-5-6-14(20)13(19)8-11)9-15(24-30(25,27)28)10-3-2-4-12(7-10)29-18(21)22/h3*2-8,15-16,18,24H,9H2,1H3,(H,23,26)/t15-,16?;;/m0../s1. The number of hydrogen-bond acceptors (Lipinski definition) is 12. The molecule has 21 nitrogen and oxygen atoms in total. The summed E-state index contributed by atoms with van der Waals surface area (Å²) >= 11 is 17.1. The van der Waals surface area contributed by atoms with Crippen molar-refractivity contribution in [2.75, 3.05) is 37.1 Å². The number of benzene rings is 6. The molecule has 6 atom stereocenters. The third-order valence-corrected chi connectivity index (χ3v) is 19.3. The molecule has 6 aromatic rings. The molecule has 486 valence electrons. The van der Waals surface area contributed by atoms with E-state index in [-0.39, 0.29) is 68.6 Å². The maximum atomic E-state index is 13.3. The number of carbonyl (C=O) groups excluding carboxylic acids is 3. The van der Waals surface area contributed by atoms with Gasteiger partial charge in [-0.3, -0.25) is 14.4 Å². The number of hydrogen-bond donors (Lipinski definition) is 6. The van der Waals surface area contributed by atoms with Crippen LogP contribution >= 0.6 is 34.8 Å². The Hall–Kier alpha value is -7.02. The quantitative estimate of drug-likeness (QED) is 0.0525. The lowest BCUT2D eigenvalue weighted by Crippen LogP contribution is -2.55. The van der Waals surface area contributed by atoms with Crippen molar-refractivity contribution in [3.05, 3.63) is 177 Å². The molecule has 9 rings (SSSR count). The van der Waals surface area contributed by atoms with Crippen molar-refractivity contribution >= 4 is 100 Å². The summed E-state index contributed by atoms with van der Waals surface area (Å²) in [6, 6.07) is 21.4. The lowest BCUT2D eigenvalue weighted by molar-refractivity contribution is -0.120. The summed E-state index contributed by atoms with van der Waals surface area (Å²) in [6.07, 6.45) is 0.0257. The van der Waals surface area contributed by atoms with Gasteiger partial charge >= 0.3 is 19.8 Å². The number of alkyl halides is 6. The van der Waals surface area contributed by atoms with Crippen LogP contribution in [0.2, 0.25) is 15.1 Å². The molecule has 3 saturated heterocycles. The Labute approximate surface area is 524 Å². The van der Waals surface area contributed by atoms with E-state index in [4.69, 9.17) is 34.8 Å². The Kier molecular flexibility index (Phi) is 23.4. The van der Waals surface area contributed by atoms with E-state index in [0.29, 0.717) is 16.7 Å². The lowest BCUT2D eigenvalue weighted by atomic mass is 9.99. The molecule has 3 aliphatic heterocycles. The monoisotopic (exact) mass is 1390 g/mol. The largest absolute Gasteiger partial charge is 0.435 e. The first-order valence-corrected chi connectivity index (χ1v) is 31.3. The fraction of sp³-hybridized carbons (Fsp3) is 0.278. The number of carbonyl (C=O) groups is 3. The normalized spacial score (nSPS) is 21.4. The maximum absolute atomic E-state index is 13.3. The van der Waals surface area contributed by atoms with Gasteiger partial charge in [0, 0.05) is 38.2 Å². The molecule has 3 fully saturated rings. The summed E-state index contributed by atoms with van der Waals surface area (Å²) in [5.41, 5.74) is 1.64. The molecule has 3 aliphatic rings. The first-order valence-electron chi connectivity index (χ1n) is 25.9. The van der Waals surface area contributed by atoms with Crippen molar-refractivity contribution in [1.82, 2.24) is 27.1 Å². The SMILES string of the molecule is CN1C(C(=O)Nc2ccc(F)c(Cl)c2)CC(c2cccc(OC(F)F)c2)NS1(=O)=O.CN1C(C(=O)Nc2ccc(F)c(Cl)c2)CC(c2cccc(OC(F)F)c2)NS1(=O)=O.CN1C(C(=O)Nc2ccc(F)c(Cl)c2)C[C@@H](c2cccc(OC(F)F)c2)NS1(=O)=O. The van der Waals surface area contributed by atoms with Crippen LogP contribution in [0.5, 0.6) is 17.2 Å². The summed E-state index contributed by atoms with van der Waals surface area (Å²) in [4.78, 5) is 38.2. The van der Waals surface area contributed by atoms with Gasteiger partial charge in [-0.1, -0.05) is 71.2 Å². The van der Waals surface area contributed by atoms with Gasteiger partial charge in [0.05, 0.1) is 33.2 Å². The predicted octanol–water partition coefficient (Wildman–Crippen LogP) is 9.90. The Morgan fingerprint density at radius 3 is 0.900 bits per heavy atom. The highest BCUT2D eigenvalue weighted by Crippen LogP contribution is 2.35. The van der Waals surface area contributed by atoms with E-state index in [1.165, 1.54) is 130 Å². The van der Waals surface area contributed by atoms with Crippen molar-refractivity contribution in [1.29, 1.82) is 0 Å². The Morgan fingerprint density at radius 2 is 0.678 bits per heavy atom. The summed E-state index contributed by atoms with van der Waals surface area (Å²) < 4.78 is 213. The first kappa shape index (κ1) is 70.4. The molecule has 3 amide bonds. The highest BCUT2D eigenvalue weighted by molar-refractivity contribution is 7.87. The zero-order valence-corrected chi connectivity index (χ0v) is 51.2. The van der Waals surface area contributed by atoms with E-state index in [9.17, 15) is 79.2 Å². The number of anilines is 3. The average molecular weight is 1390 g/mol. The van der Waals surface area contributed by atoms with E-state index in [1.807, 2.05) is 0 Å². The second-order valence-electron chi connectivity index (χ2n) is 19.5. The highest BCUT2D eigenvalue weighted by atomic mass is 35.5. The van der Waals surface area contributed by atoms with Crippen LogP contribution in [0.1, 0.15) is 54.1 Å². The smallest absolute Gasteiger partial charge is 0.387 e. The molecule has 6 N–H and O–H groups in total. The molecule has 0 radical (unpaired) electrons. The molecule has 6 aromatic carbocycles.